The highest BCUT2D eigenvalue weighted by atomic mass is 35.5. The Morgan fingerprint density at radius 2 is 1.13 bits per heavy atom. The van der Waals surface area contributed by atoms with Crippen LogP contribution >= 0.6 is 22.9 Å². The van der Waals surface area contributed by atoms with E-state index in [1.165, 1.54) is 10.1 Å². The van der Waals surface area contributed by atoms with Crippen LogP contribution in [0.3, 0.4) is 0 Å². The SMILES string of the molecule is Clc1cc(-c2nc(-c3ccc(-c4ccccc4)cc3)nc(-c3cccc4oc5ccccc5c34)n2)cc2c1sc1ccccc12. The Morgan fingerprint density at radius 1 is 0.489 bits per heavy atom. The van der Waals surface area contributed by atoms with E-state index in [1.54, 1.807) is 11.3 Å². The molecule has 45 heavy (non-hydrogen) atoms. The summed E-state index contributed by atoms with van der Waals surface area (Å²) in [6.07, 6.45) is 0. The molecule has 0 N–H and O–H groups in total. The molecule has 6 heteroatoms. The van der Waals surface area contributed by atoms with E-state index < -0.39 is 0 Å². The van der Waals surface area contributed by atoms with E-state index in [0.717, 1.165) is 59.8 Å². The first kappa shape index (κ1) is 26.1. The number of fused-ring (bicyclic) bond motifs is 6. The molecule has 9 rings (SSSR count). The minimum atomic E-state index is 0.561. The molecule has 3 heterocycles. The van der Waals surface area contributed by atoms with Crippen molar-refractivity contribution < 1.29 is 4.42 Å². The van der Waals surface area contributed by atoms with Gasteiger partial charge in [0, 0.05) is 42.9 Å². The van der Waals surface area contributed by atoms with Crippen LogP contribution in [0.5, 0.6) is 0 Å². The lowest BCUT2D eigenvalue weighted by molar-refractivity contribution is 0.669. The van der Waals surface area contributed by atoms with Crippen LogP contribution in [0.2, 0.25) is 5.02 Å². The molecule has 9 aromatic rings. The van der Waals surface area contributed by atoms with Crippen molar-refractivity contribution in [2.45, 2.75) is 0 Å². The number of para-hydroxylation sites is 1. The summed E-state index contributed by atoms with van der Waals surface area (Å²) in [5.41, 5.74) is 6.53. The van der Waals surface area contributed by atoms with Crippen LogP contribution in [0.4, 0.5) is 0 Å². The Labute approximate surface area is 267 Å². The Balaban J connectivity index is 1.28. The van der Waals surface area contributed by atoms with Crippen molar-refractivity contribution in [3.8, 4) is 45.3 Å². The maximum absolute atomic E-state index is 6.93. The predicted octanol–water partition coefficient (Wildman–Crippen LogP) is 11.5. The van der Waals surface area contributed by atoms with E-state index in [1.807, 2.05) is 60.7 Å². The topological polar surface area (TPSA) is 51.8 Å². The predicted molar refractivity (Wildman–Crippen MR) is 187 cm³/mol. The number of thiophene rings is 1. The number of nitrogens with zero attached hydrogens (tertiary/aromatic N) is 3. The van der Waals surface area contributed by atoms with Gasteiger partial charge in [0.05, 0.1) is 9.72 Å². The standard InChI is InChI=1S/C39H22ClN3OS/c40-31-22-26(21-30-27-11-5-7-16-34(27)45-36(30)31)38-41-37(25-19-17-24(18-20-25)23-9-2-1-3-10-23)42-39(43-38)29-13-8-15-33-35(29)28-12-4-6-14-32(28)44-33/h1-22H. The fourth-order valence-electron chi connectivity index (χ4n) is 6.07. The van der Waals surface area contributed by atoms with Gasteiger partial charge in [0.15, 0.2) is 17.5 Å². The van der Waals surface area contributed by atoms with Gasteiger partial charge < -0.3 is 4.42 Å². The van der Waals surface area contributed by atoms with Gasteiger partial charge in [0.1, 0.15) is 11.2 Å². The van der Waals surface area contributed by atoms with E-state index >= 15 is 0 Å². The van der Waals surface area contributed by atoms with Crippen LogP contribution < -0.4 is 0 Å². The molecule has 0 bridgehead atoms. The van der Waals surface area contributed by atoms with Crippen molar-refractivity contribution in [1.29, 1.82) is 0 Å². The quantitative estimate of drug-likeness (QED) is 0.198. The summed E-state index contributed by atoms with van der Waals surface area (Å²) < 4.78 is 8.46. The van der Waals surface area contributed by atoms with Crippen LogP contribution in [-0.4, -0.2) is 15.0 Å². The molecule has 0 saturated carbocycles. The van der Waals surface area contributed by atoms with Gasteiger partial charge in [0.25, 0.3) is 0 Å². The van der Waals surface area contributed by atoms with Crippen molar-refractivity contribution in [1.82, 2.24) is 15.0 Å². The summed E-state index contributed by atoms with van der Waals surface area (Å²) in [4.78, 5) is 15.2. The zero-order valence-electron chi connectivity index (χ0n) is 23.7. The van der Waals surface area contributed by atoms with E-state index in [4.69, 9.17) is 31.0 Å². The van der Waals surface area contributed by atoms with Gasteiger partial charge in [-0.15, -0.1) is 11.3 Å². The van der Waals surface area contributed by atoms with Crippen LogP contribution in [0, 0.1) is 0 Å². The average molecular weight is 616 g/mol. The van der Waals surface area contributed by atoms with Crippen molar-refractivity contribution in [2.24, 2.45) is 0 Å². The first-order valence-electron chi connectivity index (χ1n) is 14.6. The van der Waals surface area contributed by atoms with Crippen molar-refractivity contribution in [3.05, 3.63) is 138 Å². The second-order valence-electron chi connectivity index (χ2n) is 11.0. The molecule has 4 nitrogen and oxygen atoms in total. The molecule has 6 aromatic carbocycles. The van der Waals surface area contributed by atoms with Crippen molar-refractivity contribution >= 4 is 65.0 Å². The summed E-state index contributed by atoms with van der Waals surface area (Å²) >= 11 is 8.63. The minimum Gasteiger partial charge on any atom is -0.456 e. The summed E-state index contributed by atoms with van der Waals surface area (Å²) in [6.45, 7) is 0. The second kappa shape index (κ2) is 10.4. The fraction of sp³-hybridized carbons (Fsp3) is 0. The maximum atomic E-state index is 6.93. The maximum Gasteiger partial charge on any atom is 0.164 e. The Kier molecular flexibility index (Phi) is 6.01. The van der Waals surface area contributed by atoms with Crippen LogP contribution in [0.15, 0.2) is 138 Å². The third kappa shape index (κ3) is 4.40. The number of benzene rings is 6. The van der Waals surface area contributed by atoms with Gasteiger partial charge in [-0.25, -0.2) is 15.0 Å². The van der Waals surface area contributed by atoms with Crippen molar-refractivity contribution in [2.75, 3.05) is 0 Å². The third-order valence-electron chi connectivity index (χ3n) is 8.22. The number of furan rings is 1. The van der Waals surface area contributed by atoms with Gasteiger partial charge >= 0.3 is 0 Å². The largest absolute Gasteiger partial charge is 0.456 e. The number of hydrogen-bond acceptors (Lipinski definition) is 5. The lowest BCUT2D eigenvalue weighted by Gasteiger charge is -2.10. The highest BCUT2D eigenvalue weighted by molar-refractivity contribution is 7.26. The molecule has 0 radical (unpaired) electrons. The highest BCUT2D eigenvalue weighted by Gasteiger charge is 2.19. The molecule has 0 saturated heterocycles. The first-order valence-corrected chi connectivity index (χ1v) is 15.8. The van der Waals surface area contributed by atoms with E-state index in [0.29, 0.717) is 22.5 Å². The third-order valence-corrected chi connectivity index (χ3v) is 9.85. The molecular weight excluding hydrogens is 594 g/mol. The Morgan fingerprint density at radius 3 is 1.98 bits per heavy atom. The molecule has 212 valence electrons. The molecule has 0 atom stereocenters. The number of halogens is 1. The first-order chi connectivity index (χ1) is 22.2. The lowest BCUT2D eigenvalue weighted by Crippen LogP contribution is -2.00. The Hall–Kier alpha value is -5.36. The van der Waals surface area contributed by atoms with Gasteiger partial charge in [-0.3, -0.25) is 0 Å². The molecule has 0 unspecified atom stereocenters. The van der Waals surface area contributed by atoms with Gasteiger partial charge in [-0.1, -0.05) is 115 Å². The molecular formula is C39H22ClN3OS. The van der Waals surface area contributed by atoms with Gasteiger partial charge in [-0.05, 0) is 41.5 Å². The lowest BCUT2D eigenvalue weighted by atomic mass is 10.0. The average Bonchev–Trinajstić information content (AvgIpc) is 3.68. The summed E-state index contributed by atoms with van der Waals surface area (Å²) in [5.74, 6) is 1.72. The van der Waals surface area contributed by atoms with E-state index in [2.05, 4.69) is 72.8 Å². The summed E-state index contributed by atoms with van der Waals surface area (Å²) in [6, 6.07) is 45.3. The van der Waals surface area contributed by atoms with Gasteiger partial charge in [-0.2, -0.15) is 0 Å². The summed E-state index contributed by atoms with van der Waals surface area (Å²) in [7, 11) is 0. The molecule has 0 amide bonds. The number of rotatable bonds is 4. The van der Waals surface area contributed by atoms with E-state index in [-0.39, 0.29) is 0 Å². The summed E-state index contributed by atoms with van der Waals surface area (Å²) in [5, 5.41) is 4.95. The highest BCUT2D eigenvalue weighted by Crippen LogP contribution is 2.41. The molecule has 0 aliphatic heterocycles. The molecule has 0 spiro atoms. The smallest absolute Gasteiger partial charge is 0.164 e. The van der Waals surface area contributed by atoms with Gasteiger partial charge in [0.2, 0.25) is 0 Å². The zero-order valence-corrected chi connectivity index (χ0v) is 25.3. The molecule has 0 aliphatic carbocycles. The van der Waals surface area contributed by atoms with E-state index in [9.17, 15) is 0 Å². The zero-order chi connectivity index (χ0) is 29.9. The monoisotopic (exact) mass is 615 g/mol. The number of hydrogen-bond donors (Lipinski definition) is 0. The molecule has 0 fully saturated rings. The normalized spacial score (nSPS) is 11.7. The number of aromatic nitrogens is 3. The fourth-order valence-corrected chi connectivity index (χ4v) is 7.50. The minimum absolute atomic E-state index is 0.561. The molecule has 0 aliphatic rings. The van der Waals surface area contributed by atoms with Crippen LogP contribution in [0.1, 0.15) is 0 Å². The molecule has 3 aromatic heterocycles. The second-order valence-corrected chi connectivity index (χ2v) is 12.4. The van der Waals surface area contributed by atoms with Crippen molar-refractivity contribution in [3.63, 3.8) is 0 Å². The van der Waals surface area contributed by atoms with Crippen LogP contribution in [-0.2, 0) is 0 Å². The Bertz CT molecular complexity index is 2550. The van der Waals surface area contributed by atoms with Crippen LogP contribution in [0.25, 0.3) is 87.4 Å².